The van der Waals surface area contributed by atoms with Crippen LogP contribution in [-0.2, 0) is 11.2 Å². The number of likely N-dealkylation sites (N-methyl/N-ethyl adjacent to an activating group) is 1. The molecule has 0 bridgehead atoms. The van der Waals surface area contributed by atoms with Crippen LogP contribution in [0.1, 0.15) is 47.3 Å². The van der Waals surface area contributed by atoms with E-state index in [1.807, 2.05) is 30.3 Å². The number of carbonyl (C=O) groups is 1. The van der Waals surface area contributed by atoms with Gasteiger partial charge in [-0.1, -0.05) is 42.5 Å². The number of hydrogen-bond acceptors (Lipinski definition) is 6. The fourth-order valence-corrected chi connectivity index (χ4v) is 4.91. The zero-order valence-electron chi connectivity index (χ0n) is 20.0. The van der Waals surface area contributed by atoms with Crippen molar-refractivity contribution in [3.05, 3.63) is 77.2 Å². The van der Waals surface area contributed by atoms with E-state index in [-0.39, 0.29) is 5.91 Å². The van der Waals surface area contributed by atoms with E-state index in [1.54, 1.807) is 25.3 Å². The molecule has 1 atom stereocenters. The number of amides is 1. The SMILES string of the molecule is COc1cc(C2CCN(C)CC2)ccc1Cc1ncc2c(n1)N(C)C(=O)C(c1ccccc1)N2. The van der Waals surface area contributed by atoms with Gasteiger partial charge in [0.05, 0.1) is 19.0 Å². The van der Waals surface area contributed by atoms with Crippen molar-refractivity contribution in [2.24, 2.45) is 0 Å². The Hall–Kier alpha value is -3.45. The van der Waals surface area contributed by atoms with Crippen LogP contribution in [0.3, 0.4) is 0 Å². The van der Waals surface area contributed by atoms with Crippen LogP contribution in [0.2, 0.25) is 0 Å². The number of fused-ring (bicyclic) bond motifs is 1. The first-order valence-electron chi connectivity index (χ1n) is 11.8. The van der Waals surface area contributed by atoms with E-state index < -0.39 is 6.04 Å². The summed E-state index contributed by atoms with van der Waals surface area (Å²) in [5.41, 5.74) is 4.05. The van der Waals surface area contributed by atoms with Gasteiger partial charge in [0, 0.05) is 19.0 Å². The van der Waals surface area contributed by atoms with Gasteiger partial charge >= 0.3 is 0 Å². The third-order valence-corrected chi connectivity index (χ3v) is 7.00. The van der Waals surface area contributed by atoms with Gasteiger partial charge in [-0.2, -0.15) is 0 Å². The van der Waals surface area contributed by atoms with Crippen molar-refractivity contribution in [2.75, 3.05) is 44.5 Å². The molecular weight excluding hydrogens is 426 g/mol. The first kappa shape index (κ1) is 22.3. The van der Waals surface area contributed by atoms with E-state index >= 15 is 0 Å². The minimum atomic E-state index is -0.444. The van der Waals surface area contributed by atoms with Crippen LogP contribution >= 0.6 is 0 Å². The molecule has 34 heavy (non-hydrogen) atoms. The molecule has 3 heterocycles. The Bertz CT molecular complexity index is 1170. The molecule has 1 saturated heterocycles. The summed E-state index contributed by atoms with van der Waals surface area (Å²) in [6.07, 6.45) is 4.65. The maximum absolute atomic E-state index is 13.0. The lowest BCUT2D eigenvalue weighted by Gasteiger charge is -2.32. The van der Waals surface area contributed by atoms with Crippen molar-refractivity contribution < 1.29 is 9.53 Å². The lowest BCUT2D eigenvalue weighted by atomic mass is 9.88. The fourth-order valence-electron chi connectivity index (χ4n) is 4.91. The number of nitrogens with zero attached hydrogens (tertiary/aromatic N) is 4. The summed E-state index contributed by atoms with van der Waals surface area (Å²) in [6, 6.07) is 15.8. The number of nitrogens with one attached hydrogen (secondary N) is 1. The number of piperidine rings is 1. The first-order chi connectivity index (χ1) is 16.5. The van der Waals surface area contributed by atoms with Gasteiger partial charge < -0.3 is 15.0 Å². The molecule has 1 N–H and O–H groups in total. The summed E-state index contributed by atoms with van der Waals surface area (Å²) in [4.78, 5) is 26.4. The maximum atomic E-state index is 13.0. The average Bonchev–Trinajstić information content (AvgIpc) is 2.87. The minimum Gasteiger partial charge on any atom is -0.496 e. The number of aromatic nitrogens is 2. The van der Waals surface area contributed by atoms with Gasteiger partial charge in [-0.25, -0.2) is 9.97 Å². The average molecular weight is 458 g/mol. The maximum Gasteiger partial charge on any atom is 0.255 e. The van der Waals surface area contributed by atoms with Gasteiger partial charge in [0.25, 0.3) is 5.91 Å². The van der Waals surface area contributed by atoms with Gasteiger partial charge in [-0.3, -0.25) is 9.69 Å². The Labute approximate surface area is 200 Å². The minimum absolute atomic E-state index is 0.0385. The number of hydrogen-bond donors (Lipinski definition) is 1. The molecule has 0 saturated carbocycles. The molecule has 1 fully saturated rings. The van der Waals surface area contributed by atoms with Crippen LogP contribution in [0.25, 0.3) is 0 Å². The van der Waals surface area contributed by atoms with Crippen LogP contribution in [-0.4, -0.2) is 55.1 Å². The highest BCUT2D eigenvalue weighted by Gasteiger charge is 2.32. The van der Waals surface area contributed by atoms with E-state index in [0.717, 1.165) is 35.7 Å². The van der Waals surface area contributed by atoms with Crippen molar-refractivity contribution in [1.29, 1.82) is 0 Å². The van der Waals surface area contributed by atoms with Gasteiger partial charge in [-0.05, 0) is 56.1 Å². The van der Waals surface area contributed by atoms with Gasteiger partial charge in [0.1, 0.15) is 17.6 Å². The lowest BCUT2D eigenvalue weighted by Crippen LogP contribution is -2.40. The number of anilines is 2. The summed E-state index contributed by atoms with van der Waals surface area (Å²) in [5, 5.41) is 3.31. The Morgan fingerprint density at radius 3 is 2.56 bits per heavy atom. The molecule has 3 aromatic rings. The van der Waals surface area contributed by atoms with Crippen LogP contribution in [0, 0.1) is 0 Å². The first-order valence-corrected chi connectivity index (χ1v) is 11.8. The topological polar surface area (TPSA) is 70.6 Å². The second-order valence-corrected chi connectivity index (χ2v) is 9.23. The van der Waals surface area contributed by atoms with Crippen molar-refractivity contribution in [2.45, 2.75) is 31.2 Å². The third kappa shape index (κ3) is 4.35. The summed E-state index contributed by atoms with van der Waals surface area (Å²) in [6.45, 7) is 2.26. The normalized spacial score (nSPS) is 19.0. The Balaban J connectivity index is 1.37. The van der Waals surface area contributed by atoms with Crippen molar-refractivity contribution in [3.63, 3.8) is 0 Å². The van der Waals surface area contributed by atoms with E-state index in [1.165, 1.54) is 18.4 Å². The van der Waals surface area contributed by atoms with E-state index in [2.05, 4.69) is 40.4 Å². The molecule has 0 spiro atoms. The molecule has 2 aliphatic heterocycles. The molecule has 7 heteroatoms. The molecule has 0 radical (unpaired) electrons. The summed E-state index contributed by atoms with van der Waals surface area (Å²) < 4.78 is 5.74. The predicted octanol–water partition coefficient (Wildman–Crippen LogP) is 4.01. The molecule has 2 aromatic carbocycles. The van der Waals surface area contributed by atoms with Crippen LogP contribution < -0.4 is 15.0 Å². The second kappa shape index (κ2) is 9.43. The number of ether oxygens (including phenoxy) is 1. The quantitative estimate of drug-likeness (QED) is 0.624. The highest BCUT2D eigenvalue weighted by Crippen LogP contribution is 2.35. The second-order valence-electron chi connectivity index (χ2n) is 9.23. The number of carbonyl (C=O) groups excluding carboxylic acids is 1. The Kier molecular flexibility index (Phi) is 6.20. The molecule has 2 aliphatic rings. The smallest absolute Gasteiger partial charge is 0.255 e. The number of benzene rings is 2. The number of rotatable bonds is 5. The summed E-state index contributed by atoms with van der Waals surface area (Å²) in [7, 11) is 5.66. The summed E-state index contributed by atoms with van der Waals surface area (Å²) in [5.74, 6) is 2.66. The highest BCUT2D eigenvalue weighted by atomic mass is 16.5. The van der Waals surface area contributed by atoms with Gasteiger partial charge in [0.15, 0.2) is 5.82 Å². The molecule has 1 amide bonds. The van der Waals surface area contributed by atoms with Gasteiger partial charge in [0.2, 0.25) is 0 Å². The molecule has 7 nitrogen and oxygen atoms in total. The molecule has 0 aliphatic carbocycles. The zero-order valence-corrected chi connectivity index (χ0v) is 20.0. The van der Waals surface area contributed by atoms with Crippen molar-refractivity contribution >= 4 is 17.4 Å². The largest absolute Gasteiger partial charge is 0.496 e. The standard InChI is InChI=1S/C27H31N5O2/c1-31-13-11-18(12-14-31)20-9-10-21(23(15-20)34-3)16-24-28-17-22-26(30-24)32(2)27(33)25(29-22)19-7-5-4-6-8-19/h4-10,15,17-18,25,29H,11-14,16H2,1-3H3. The molecule has 176 valence electrons. The molecule has 1 aromatic heterocycles. The highest BCUT2D eigenvalue weighted by molar-refractivity contribution is 6.03. The van der Waals surface area contributed by atoms with Crippen LogP contribution in [0.15, 0.2) is 54.7 Å². The monoisotopic (exact) mass is 457 g/mol. The van der Waals surface area contributed by atoms with E-state index in [4.69, 9.17) is 9.72 Å². The predicted molar refractivity (Wildman–Crippen MR) is 134 cm³/mol. The lowest BCUT2D eigenvalue weighted by molar-refractivity contribution is -0.119. The fraction of sp³-hybridized carbons (Fsp3) is 0.370. The third-order valence-electron chi connectivity index (χ3n) is 7.00. The number of likely N-dealkylation sites (tertiary alicyclic amines) is 1. The van der Waals surface area contributed by atoms with Crippen LogP contribution in [0.5, 0.6) is 5.75 Å². The summed E-state index contributed by atoms with van der Waals surface area (Å²) >= 11 is 0. The molecule has 5 rings (SSSR count). The Morgan fingerprint density at radius 2 is 1.82 bits per heavy atom. The number of methoxy groups -OCH3 is 1. The van der Waals surface area contributed by atoms with E-state index in [0.29, 0.717) is 24.0 Å². The Morgan fingerprint density at radius 1 is 1.06 bits per heavy atom. The van der Waals surface area contributed by atoms with Crippen LogP contribution in [0.4, 0.5) is 11.5 Å². The zero-order chi connectivity index (χ0) is 23.7. The van der Waals surface area contributed by atoms with Crippen molar-refractivity contribution in [3.8, 4) is 5.75 Å². The molecular formula is C27H31N5O2. The molecule has 1 unspecified atom stereocenters. The van der Waals surface area contributed by atoms with E-state index in [9.17, 15) is 4.79 Å². The van der Waals surface area contributed by atoms with Gasteiger partial charge in [-0.15, -0.1) is 0 Å². The van der Waals surface area contributed by atoms with Crippen molar-refractivity contribution in [1.82, 2.24) is 14.9 Å².